The lowest BCUT2D eigenvalue weighted by Gasteiger charge is -2.31. The number of benzene rings is 1. The number of halogens is 1. The monoisotopic (exact) mass is 352 g/mol. The number of rotatable bonds is 4. The SMILES string of the molecule is C[SiH](C)O[C@]12CN(c3ccc([N+](=O)[O-])cc3F)C[C@H]1[C@@H]2C(C)(C)C. The largest absolute Gasteiger partial charge is 0.413 e. The lowest BCUT2D eigenvalue weighted by atomic mass is 9.86. The number of nitro benzene ring substituents is 1. The quantitative estimate of drug-likeness (QED) is 0.472. The molecule has 0 bridgehead atoms. The van der Waals surface area contributed by atoms with Crippen LogP contribution in [-0.2, 0) is 4.43 Å². The average molecular weight is 352 g/mol. The van der Waals surface area contributed by atoms with E-state index in [0.29, 0.717) is 24.1 Å². The van der Waals surface area contributed by atoms with Crippen molar-refractivity contribution in [1.82, 2.24) is 0 Å². The second kappa shape index (κ2) is 5.52. The topological polar surface area (TPSA) is 55.6 Å². The average Bonchev–Trinajstić information content (AvgIpc) is 2.89. The smallest absolute Gasteiger partial charge is 0.272 e. The zero-order chi connectivity index (χ0) is 17.9. The van der Waals surface area contributed by atoms with E-state index in [1.165, 1.54) is 12.1 Å². The molecule has 132 valence electrons. The van der Waals surface area contributed by atoms with E-state index in [-0.39, 0.29) is 16.7 Å². The summed E-state index contributed by atoms with van der Waals surface area (Å²) in [5, 5.41) is 10.8. The second-order valence-corrected chi connectivity index (χ2v) is 10.7. The van der Waals surface area contributed by atoms with Crippen molar-refractivity contribution >= 4 is 20.4 Å². The summed E-state index contributed by atoms with van der Waals surface area (Å²) in [5.41, 5.74) is 0.212. The second-order valence-electron chi connectivity index (χ2n) is 8.35. The zero-order valence-corrected chi connectivity index (χ0v) is 16.0. The molecule has 0 amide bonds. The lowest BCUT2D eigenvalue weighted by molar-refractivity contribution is -0.385. The molecule has 1 aliphatic heterocycles. The highest BCUT2D eigenvalue weighted by Gasteiger charge is 2.73. The van der Waals surface area contributed by atoms with E-state index >= 15 is 0 Å². The minimum Gasteiger partial charge on any atom is -0.413 e. The van der Waals surface area contributed by atoms with Crippen LogP contribution in [0.15, 0.2) is 18.2 Å². The molecule has 2 aliphatic rings. The Bertz CT molecular complexity index is 676. The highest BCUT2D eigenvalue weighted by molar-refractivity contribution is 6.48. The normalized spacial score (nSPS) is 29.0. The molecule has 1 saturated carbocycles. The first-order valence-electron chi connectivity index (χ1n) is 8.43. The van der Waals surface area contributed by atoms with Gasteiger partial charge in [0.05, 0.1) is 22.3 Å². The van der Waals surface area contributed by atoms with E-state index in [2.05, 4.69) is 33.9 Å². The third kappa shape index (κ3) is 2.73. The Hall–Kier alpha value is -1.47. The third-order valence-electron chi connectivity index (χ3n) is 5.17. The fourth-order valence-electron chi connectivity index (χ4n) is 4.59. The first-order chi connectivity index (χ1) is 11.1. The van der Waals surface area contributed by atoms with E-state index in [4.69, 9.17) is 4.43 Å². The predicted octanol–water partition coefficient (Wildman–Crippen LogP) is 3.58. The van der Waals surface area contributed by atoms with Crippen LogP contribution < -0.4 is 4.90 Å². The van der Waals surface area contributed by atoms with Crippen LogP contribution in [0.4, 0.5) is 15.8 Å². The fraction of sp³-hybridized carbons (Fsp3) is 0.647. The molecule has 0 N–H and O–H groups in total. The fourth-order valence-corrected chi connectivity index (χ4v) is 5.86. The van der Waals surface area contributed by atoms with Gasteiger partial charge in [0.1, 0.15) is 0 Å². The molecule has 5 nitrogen and oxygen atoms in total. The van der Waals surface area contributed by atoms with Gasteiger partial charge in [-0.2, -0.15) is 0 Å². The Labute approximate surface area is 143 Å². The van der Waals surface area contributed by atoms with Crippen LogP contribution in [0.3, 0.4) is 0 Å². The molecule has 1 aromatic rings. The van der Waals surface area contributed by atoms with Crippen LogP contribution in [0.1, 0.15) is 20.8 Å². The maximum atomic E-state index is 14.3. The highest BCUT2D eigenvalue weighted by Crippen LogP contribution is 2.65. The first-order valence-corrected chi connectivity index (χ1v) is 11.2. The summed E-state index contributed by atoms with van der Waals surface area (Å²) in [6.45, 7) is 12.5. The van der Waals surface area contributed by atoms with Crippen molar-refractivity contribution in [3.05, 3.63) is 34.1 Å². The van der Waals surface area contributed by atoms with Crippen molar-refractivity contribution in [2.24, 2.45) is 17.3 Å². The Morgan fingerprint density at radius 1 is 1.42 bits per heavy atom. The van der Waals surface area contributed by atoms with E-state index in [0.717, 1.165) is 12.6 Å². The van der Waals surface area contributed by atoms with Gasteiger partial charge in [-0.15, -0.1) is 0 Å². The van der Waals surface area contributed by atoms with Gasteiger partial charge >= 0.3 is 0 Å². The first kappa shape index (κ1) is 17.4. The van der Waals surface area contributed by atoms with E-state index < -0.39 is 19.8 Å². The Morgan fingerprint density at radius 2 is 2.08 bits per heavy atom. The van der Waals surface area contributed by atoms with Crippen molar-refractivity contribution in [1.29, 1.82) is 0 Å². The van der Waals surface area contributed by atoms with Gasteiger partial charge in [0.2, 0.25) is 0 Å². The number of piperidine rings is 1. The Kier molecular flexibility index (Phi) is 3.99. The zero-order valence-electron chi connectivity index (χ0n) is 14.9. The summed E-state index contributed by atoms with van der Waals surface area (Å²) in [6.07, 6.45) is 0. The number of fused-ring (bicyclic) bond motifs is 1. The molecule has 0 radical (unpaired) electrons. The number of nitro groups is 1. The van der Waals surface area contributed by atoms with Crippen molar-refractivity contribution in [3.8, 4) is 0 Å². The molecule has 24 heavy (non-hydrogen) atoms. The van der Waals surface area contributed by atoms with Gasteiger partial charge in [0, 0.05) is 31.0 Å². The molecule has 3 atom stereocenters. The molecule has 0 spiro atoms. The maximum Gasteiger partial charge on any atom is 0.272 e. The van der Waals surface area contributed by atoms with E-state index in [9.17, 15) is 14.5 Å². The van der Waals surface area contributed by atoms with Gasteiger partial charge in [0.15, 0.2) is 14.9 Å². The molecular formula is C17H25FN2O3Si. The van der Waals surface area contributed by atoms with Crippen LogP contribution in [0, 0.1) is 33.2 Å². The highest BCUT2D eigenvalue weighted by atomic mass is 28.3. The van der Waals surface area contributed by atoms with Crippen LogP contribution in [0.2, 0.25) is 13.1 Å². The number of hydrogen-bond donors (Lipinski definition) is 0. The Balaban J connectivity index is 1.84. The van der Waals surface area contributed by atoms with E-state index in [1.54, 1.807) is 0 Å². The molecule has 2 fully saturated rings. The molecule has 1 aliphatic carbocycles. The van der Waals surface area contributed by atoms with Gasteiger partial charge in [-0.25, -0.2) is 4.39 Å². The standard InChI is InChI=1S/C17H25FN2O3Si/c1-16(2,3)15-12-9-19(10-17(12,15)23-24(4)5)14-7-6-11(20(21)22)8-13(14)18/h6-8,12,15,24H,9-10H2,1-5H3/t12-,15+,17+/m0/s1. The number of anilines is 1. The van der Waals surface area contributed by atoms with E-state index in [1.807, 2.05) is 4.90 Å². The molecule has 0 unspecified atom stereocenters. The summed E-state index contributed by atoms with van der Waals surface area (Å²) in [6, 6.07) is 3.89. The van der Waals surface area contributed by atoms with Gasteiger partial charge in [-0.1, -0.05) is 20.8 Å². The van der Waals surface area contributed by atoms with Gasteiger partial charge in [0.25, 0.3) is 5.69 Å². The molecule has 3 rings (SSSR count). The molecular weight excluding hydrogens is 327 g/mol. The summed E-state index contributed by atoms with van der Waals surface area (Å²) in [5.74, 6) is 0.356. The van der Waals surface area contributed by atoms with Crippen molar-refractivity contribution < 1.29 is 13.7 Å². The van der Waals surface area contributed by atoms with Gasteiger partial charge in [-0.3, -0.25) is 10.1 Å². The summed E-state index contributed by atoms with van der Waals surface area (Å²) >= 11 is 0. The number of hydrogen-bond acceptors (Lipinski definition) is 4. The molecule has 1 saturated heterocycles. The van der Waals surface area contributed by atoms with Crippen molar-refractivity contribution in [3.63, 3.8) is 0 Å². The van der Waals surface area contributed by atoms with Gasteiger partial charge < -0.3 is 9.33 Å². The predicted molar refractivity (Wildman–Crippen MR) is 94.4 cm³/mol. The van der Waals surface area contributed by atoms with Crippen LogP contribution in [-0.4, -0.2) is 32.7 Å². The summed E-state index contributed by atoms with van der Waals surface area (Å²) in [4.78, 5) is 12.2. The maximum absolute atomic E-state index is 14.3. The van der Waals surface area contributed by atoms with Crippen LogP contribution >= 0.6 is 0 Å². The van der Waals surface area contributed by atoms with Crippen LogP contribution in [0.25, 0.3) is 0 Å². The third-order valence-corrected chi connectivity index (χ3v) is 6.08. The number of non-ortho nitro benzene ring substituents is 1. The summed E-state index contributed by atoms with van der Waals surface area (Å²) in [7, 11) is -1.22. The summed E-state index contributed by atoms with van der Waals surface area (Å²) < 4.78 is 20.8. The molecule has 0 aromatic heterocycles. The number of nitrogens with zero attached hydrogens (tertiary/aromatic N) is 2. The van der Waals surface area contributed by atoms with Crippen LogP contribution in [0.5, 0.6) is 0 Å². The minimum atomic E-state index is -1.22. The van der Waals surface area contributed by atoms with Gasteiger partial charge in [-0.05, 0) is 24.6 Å². The van der Waals surface area contributed by atoms with Crippen molar-refractivity contribution in [2.75, 3.05) is 18.0 Å². The molecule has 1 aromatic carbocycles. The minimum absolute atomic E-state index is 0.161. The molecule has 7 heteroatoms. The van der Waals surface area contributed by atoms with Crippen molar-refractivity contribution in [2.45, 2.75) is 39.5 Å². The Morgan fingerprint density at radius 3 is 2.58 bits per heavy atom. The lowest BCUT2D eigenvalue weighted by Crippen LogP contribution is -2.38. The molecule has 1 heterocycles.